The van der Waals surface area contributed by atoms with E-state index in [0.29, 0.717) is 0 Å². The van der Waals surface area contributed by atoms with Crippen LogP contribution in [-0.2, 0) is 5.41 Å². The minimum absolute atomic E-state index is 0.0872. The first kappa shape index (κ1) is 10.8. The molecule has 2 nitrogen and oxygen atoms in total. The van der Waals surface area contributed by atoms with Gasteiger partial charge in [0.15, 0.2) is 0 Å². The number of aldehydes is 1. The molecule has 0 radical (unpaired) electrons. The zero-order chi connectivity index (χ0) is 12.1. The van der Waals surface area contributed by atoms with Crippen LogP contribution in [0.3, 0.4) is 0 Å². The van der Waals surface area contributed by atoms with E-state index in [4.69, 9.17) is 4.74 Å². The van der Waals surface area contributed by atoms with Crippen molar-refractivity contribution >= 4 is 6.29 Å². The molecule has 0 N–H and O–H groups in total. The number of carbonyl (C=O) groups is 1. The lowest BCUT2D eigenvalue weighted by Gasteiger charge is -2.51. The van der Waals surface area contributed by atoms with Crippen LogP contribution in [0.15, 0.2) is 18.2 Å². The van der Waals surface area contributed by atoms with Gasteiger partial charge >= 0.3 is 0 Å². The molecule has 0 atom stereocenters. The first-order valence-corrected chi connectivity index (χ1v) is 6.33. The van der Waals surface area contributed by atoms with Crippen LogP contribution in [-0.4, -0.2) is 11.9 Å². The Kier molecular flexibility index (Phi) is 2.13. The van der Waals surface area contributed by atoms with Crippen LogP contribution in [0.4, 0.5) is 0 Å². The smallest absolute Gasteiger partial charge is 0.150 e. The predicted molar refractivity (Wildman–Crippen MR) is 66.7 cm³/mol. The molecule has 17 heavy (non-hydrogen) atoms. The summed E-state index contributed by atoms with van der Waals surface area (Å²) in [6.07, 6.45) is 5.74. The molecule has 1 spiro atoms. The molecule has 0 aromatic heterocycles. The molecule has 1 aromatic carbocycles. The summed E-state index contributed by atoms with van der Waals surface area (Å²) in [6.45, 7) is 4.31. The number of benzene rings is 1. The van der Waals surface area contributed by atoms with Crippen LogP contribution in [0.25, 0.3) is 0 Å². The van der Waals surface area contributed by atoms with E-state index in [0.717, 1.165) is 24.0 Å². The minimum atomic E-state index is -0.0872. The molecule has 0 bridgehead atoms. The standard InChI is InChI=1S/C15H18O2/c1-14(2)10-15(6-3-7-15)12-8-11(9-16)4-5-13(12)17-14/h4-5,8-9H,3,6-7,10H2,1-2H3. The fourth-order valence-corrected chi connectivity index (χ4v) is 3.42. The van der Waals surface area contributed by atoms with Crippen LogP contribution >= 0.6 is 0 Å². The third kappa shape index (κ3) is 1.58. The Bertz CT molecular complexity index is 470. The predicted octanol–water partition coefficient (Wildman–Crippen LogP) is 3.48. The molecule has 0 unspecified atom stereocenters. The largest absolute Gasteiger partial charge is 0.488 e. The fraction of sp³-hybridized carbons (Fsp3) is 0.533. The monoisotopic (exact) mass is 230 g/mol. The van der Waals surface area contributed by atoms with E-state index in [9.17, 15) is 4.79 Å². The first-order chi connectivity index (χ1) is 8.05. The average molecular weight is 230 g/mol. The van der Waals surface area contributed by atoms with Gasteiger partial charge in [0.05, 0.1) is 0 Å². The Balaban J connectivity index is 2.13. The van der Waals surface area contributed by atoms with Crippen molar-refractivity contribution in [1.82, 2.24) is 0 Å². The third-order valence-corrected chi connectivity index (χ3v) is 4.17. The van der Waals surface area contributed by atoms with Gasteiger partial charge in [0.25, 0.3) is 0 Å². The van der Waals surface area contributed by atoms with Crippen molar-refractivity contribution in [3.8, 4) is 5.75 Å². The number of hydrogen-bond acceptors (Lipinski definition) is 2. The Labute approximate surface area is 102 Å². The van der Waals surface area contributed by atoms with Gasteiger partial charge in [-0.3, -0.25) is 4.79 Å². The summed E-state index contributed by atoms with van der Waals surface area (Å²) in [6, 6.07) is 5.83. The van der Waals surface area contributed by atoms with E-state index < -0.39 is 0 Å². The van der Waals surface area contributed by atoms with Gasteiger partial charge in [0, 0.05) is 16.5 Å². The summed E-state index contributed by atoms with van der Waals surface area (Å²) < 4.78 is 6.03. The van der Waals surface area contributed by atoms with E-state index in [1.807, 2.05) is 18.2 Å². The maximum absolute atomic E-state index is 10.9. The molecular weight excluding hydrogens is 212 g/mol. The van der Waals surface area contributed by atoms with Crippen LogP contribution in [0, 0.1) is 0 Å². The zero-order valence-corrected chi connectivity index (χ0v) is 10.5. The van der Waals surface area contributed by atoms with Gasteiger partial charge in [-0.15, -0.1) is 0 Å². The second-order valence-corrected chi connectivity index (χ2v) is 6.05. The van der Waals surface area contributed by atoms with Gasteiger partial charge in [-0.25, -0.2) is 0 Å². The van der Waals surface area contributed by atoms with Gasteiger partial charge < -0.3 is 4.74 Å². The molecule has 1 fully saturated rings. The molecule has 1 aliphatic carbocycles. The zero-order valence-electron chi connectivity index (χ0n) is 10.5. The maximum Gasteiger partial charge on any atom is 0.150 e. The minimum Gasteiger partial charge on any atom is -0.488 e. The SMILES string of the molecule is CC1(C)CC2(CCC2)c2cc(C=O)ccc2O1. The van der Waals surface area contributed by atoms with Gasteiger partial charge in [-0.2, -0.15) is 0 Å². The second kappa shape index (κ2) is 3.34. The van der Waals surface area contributed by atoms with Crippen molar-refractivity contribution < 1.29 is 9.53 Å². The van der Waals surface area contributed by atoms with Crippen LogP contribution in [0.5, 0.6) is 5.75 Å². The lowest BCUT2D eigenvalue weighted by Crippen LogP contribution is -2.48. The third-order valence-electron chi connectivity index (χ3n) is 4.17. The number of fused-ring (bicyclic) bond motifs is 2. The lowest BCUT2D eigenvalue weighted by molar-refractivity contribution is 0.0166. The van der Waals surface area contributed by atoms with Crippen LogP contribution < -0.4 is 4.74 Å². The molecule has 1 aromatic rings. The van der Waals surface area contributed by atoms with Crippen molar-refractivity contribution in [1.29, 1.82) is 0 Å². The molecule has 90 valence electrons. The highest BCUT2D eigenvalue weighted by Crippen LogP contribution is 2.55. The highest BCUT2D eigenvalue weighted by Gasteiger charge is 2.48. The fourth-order valence-electron chi connectivity index (χ4n) is 3.42. The van der Waals surface area contributed by atoms with E-state index in [1.165, 1.54) is 24.8 Å². The van der Waals surface area contributed by atoms with Crippen molar-refractivity contribution in [3.63, 3.8) is 0 Å². The molecular formula is C15H18O2. The van der Waals surface area contributed by atoms with Crippen LogP contribution in [0.1, 0.15) is 55.5 Å². The Hall–Kier alpha value is -1.31. The van der Waals surface area contributed by atoms with Gasteiger partial charge in [0.2, 0.25) is 0 Å². The molecule has 0 amide bonds. The number of hydrogen-bond donors (Lipinski definition) is 0. The highest BCUT2D eigenvalue weighted by atomic mass is 16.5. The van der Waals surface area contributed by atoms with E-state index >= 15 is 0 Å². The topological polar surface area (TPSA) is 26.3 Å². The highest BCUT2D eigenvalue weighted by molar-refractivity contribution is 5.76. The van der Waals surface area contributed by atoms with E-state index in [2.05, 4.69) is 13.8 Å². The van der Waals surface area contributed by atoms with Crippen molar-refractivity contribution in [2.24, 2.45) is 0 Å². The number of carbonyl (C=O) groups excluding carboxylic acids is 1. The average Bonchev–Trinajstić information content (AvgIpc) is 2.24. The van der Waals surface area contributed by atoms with Gasteiger partial charge in [0.1, 0.15) is 17.6 Å². The summed E-state index contributed by atoms with van der Waals surface area (Å²) in [7, 11) is 0. The van der Waals surface area contributed by atoms with Crippen LogP contribution in [0.2, 0.25) is 0 Å². The number of ether oxygens (including phenoxy) is 1. The Morgan fingerprint density at radius 1 is 1.29 bits per heavy atom. The van der Waals surface area contributed by atoms with E-state index in [-0.39, 0.29) is 11.0 Å². The Morgan fingerprint density at radius 2 is 2.06 bits per heavy atom. The molecule has 0 saturated heterocycles. The van der Waals surface area contributed by atoms with Crippen molar-refractivity contribution in [2.45, 2.75) is 50.5 Å². The molecule has 2 aliphatic rings. The van der Waals surface area contributed by atoms with Crippen molar-refractivity contribution in [3.05, 3.63) is 29.3 Å². The van der Waals surface area contributed by atoms with Gasteiger partial charge in [-0.05, 0) is 51.3 Å². The maximum atomic E-state index is 10.9. The summed E-state index contributed by atoms with van der Waals surface area (Å²) >= 11 is 0. The summed E-state index contributed by atoms with van der Waals surface area (Å²) in [5, 5.41) is 0. The summed E-state index contributed by atoms with van der Waals surface area (Å²) in [4.78, 5) is 10.9. The summed E-state index contributed by atoms with van der Waals surface area (Å²) in [5.41, 5.74) is 2.21. The molecule has 2 heteroatoms. The molecule has 1 heterocycles. The Morgan fingerprint density at radius 3 is 2.65 bits per heavy atom. The quantitative estimate of drug-likeness (QED) is 0.690. The molecule has 1 saturated carbocycles. The first-order valence-electron chi connectivity index (χ1n) is 6.33. The van der Waals surface area contributed by atoms with E-state index in [1.54, 1.807) is 0 Å². The normalized spacial score (nSPS) is 23.4. The summed E-state index contributed by atoms with van der Waals surface area (Å²) in [5.74, 6) is 0.978. The second-order valence-electron chi connectivity index (χ2n) is 6.05. The van der Waals surface area contributed by atoms with Gasteiger partial charge in [-0.1, -0.05) is 6.42 Å². The lowest BCUT2D eigenvalue weighted by atomic mass is 9.58. The van der Waals surface area contributed by atoms with Crippen molar-refractivity contribution in [2.75, 3.05) is 0 Å². The molecule has 1 aliphatic heterocycles. The number of rotatable bonds is 1. The molecule has 3 rings (SSSR count).